The molecule has 0 aromatic carbocycles. The van der Waals surface area contributed by atoms with Crippen LogP contribution in [0, 0.1) is 22.5 Å². The summed E-state index contributed by atoms with van der Waals surface area (Å²) >= 11 is 0. The molecule has 1 aromatic rings. The molecule has 6 nitrogen and oxygen atoms in total. The van der Waals surface area contributed by atoms with Gasteiger partial charge in [0.15, 0.2) is 0 Å². The van der Waals surface area contributed by atoms with E-state index in [1.807, 2.05) is 13.8 Å². The van der Waals surface area contributed by atoms with E-state index >= 15 is 0 Å². The zero-order valence-electron chi connectivity index (χ0n) is 11.3. The van der Waals surface area contributed by atoms with Gasteiger partial charge in [-0.3, -0.25) is 10.1 Å². The largest absolute Gasteiger partial charge is 0.349 e. The highest BCUT2D eigenvalue weighted by molar-refractivity contribution is 5.62. The number of hydrogen-bond acceptors (Lipinski definition) is 4. The highest BCUT2D eigenvalue weighted by Gasteiger charge is 2.31. The Balaban J connectivity index is 3.36. The Kier molecular flexibility index (Phi) is 3.65. The van der Waals surface area contributed by atoms with Crippen LogP contribution in [0.5, 0.6) is 0 Å². The standard InChI is InChI=1S/C12H18N4O2/c1-7-12(4,5)13-11-10(16(17)18)9(8(2)3)14-15(11)6/h1,8,13H,2-6H3. The van der Waals surface area contributed by atoms with Crippen LogP contribution in [0.1, 0.15) is 39.3 Å². The highest BCUT2D eigenvalue weighted by atomic mass is 16.6. The smallest absolute Gasteiger partial charge is 0.334 e. The van der Waals surface area contributed by atoms with Crippen LogP contribution in [0.2, 0.25) is 0 Å². The number of nitrogens with one attached hydrogen (secondary N) is 1. The van der Waals surface area contributed by atoms with Crippen molar-refractivity contribution in [3.8, 4) is 12.3 Å². The molecular weight excluding hydrogens is 232 g/mol. The quantitative estimate of drug-likeness (QED) is 0.505. The maximum atomic E-state index is 11.2. The molecule has 0 aliphatic rings. The van der Waals surface area contributed by atoms with Gasteiger partial charge in [-0.15, -0.1) is 6.42 Å². The van der Waals surface area contributed by atoms with E-state index in [1.165, 1.54) is 4.68 Å². The molecule has 6 heteroatoms. The number of terminal acetylenes is 1. The van der Waals surface area contributed by atoms with Crippen LogP contribution >= 0.6 is 0 Å². The Morgan fingerprint density at radius 2 is 2.11 bits per heavy atom. The van der Waals surface area contributed by atoms with Crippen LogP contribution in [0.3, 0.4) is 0 Å². The van der Waals surface area contributed by atoms with E-state index in [9.17, 15) is 10.1 Å². The molecule has 1 heterocycles. The minimum atomic E-state index is -0.674. The summed E-state index contributed by atoms with van der Waals surface area (Å²) in [5.74, 6) is 2.86. The number of nitro groups is 1. The number of anilines is 1. The summed E-state index contributed by atoms with van der Waals surface area (Å²) in [5, 5.41) is 18.4. The van der Waals surface area contributed by atoms with Gasteiger partial charge >= 0.3 is 5.69 Å². The number of aromatic nitrogens is 2. The summed E-state index contributed by atoms with van der Waals surface area (Å²) < 4.78 is 1.46. The van der Waals surface area contributed by atoms with Crippen molar-refractivity contribution in [3.63, 3.8) is 0 Å². The Morgan fingerprint density at radius 1 is 1.56 bits per heavy atom. The first kappa shape index (κ1) is 14.0. The van der Waals surface area contributed by atoms with Gasteiger partial charge in [-0.05, 0) is 13.8 Å². The van der Waals surface area contributed by atoms with Crippen molar-refractivity contribution in [2.75, 3.05) is 5.32 Å². The van der Waals surface area contributed by atoms with Crippen molar-refractivity contribution < 1.29 is 4.92 Å². The fraction of sp³-hybridized carbons (Fsp3) is 0.583. The molecule has 0 spiro atoms. The summed E-state index contributed by atoms with van der Waals surface area (Å²) in [7, 11) is 1.66. The van der Waals surface area contributed by atoms with Gasteiger partial charge in [0.25, 0.3) is 0 Å². The second-order valence-electron chi connectivity index (χ2n) is 5.01. The van der Waals surface area contributed by atoms with Crippen LogP contribution in [0.25, 0.3) is 0 Å². The minimum absolute atomic E-state index is 0.00387. The Morgan fingerprint density at radius 3 is 2.50 bits per heavy atom. The molecule has 0 aliphatic carbocycles. The molecule has 1 N–H and O–H groups in total. The van der Waals surface area contributed by atoms with E-state index in [0.717, 1.165) is 0 Å². The third-order valence-electron chi connectivity index (χ3n) is 2.57. The number of hydrogen-bond donors (Lipinski definition) is 1. The minimum Gasteiger partial charge on any atom is -0.349 e. The SMILES string of the molecule is C#CC(C)(C)Nc1c([N+](=O)[O-])c(C(C)C)nn1C. The highest BCUT2D eigenvalue weighted by Crippen LogP contribution is 2.34. The van der Waals surface area contributed by atoms with E-state index in [4.69, 9.17) is 6.42 Å². The van der Waals surface area contributed by atoms with Crippen molar-refractivity contribution in [3.05, 3.63) is 15.8 Å². The van der Waals surface area contributed by atoms with Gasteiger partial charge in [0.1, 0.15) is 5.69 Å². The lowest BCUT2D eigenvalue weighted by molar-refractivity contribution is -0.384. The van der Waals surface area contributed by atoms with E-state index in [0.29, 0.717) is 11.5 Å². The predicted octanol–water partition coefficient (Wildman–Crippen LogP) is 2.28. The molecule has 0 unspecified atom stereocenters. The van der Waals surface area contributed by atoms with Crippen molar-refractivity contribution in [2.24, 2.45) is 7.05 Å². The van der Waals surface area contributed by atoms with Gasteiger partial charge in [-0.2, -0.15) is 5.10 Å². The first-order valence-electron chi connectivity index (χ1n) is 5.67. The zero-order valence-corrected chi connectivity index (χ0v) is 11.3. The Labute approximate surface area is 107 Å². The van der Waals surface area contributed by atoms with Crippen LogP contribution in [-0.2, 0) is 7.05 Å². The lowest BCUT2D eigenvalue weighted by Gasteiger charge is -2.20. The van der Waals surface area contributed by atoms with Gasteiger partial charge in [0.2, 0.25) is 5.82 Å². The van der Waals surface area contributed by atoms with E-state index in [2.05, 4.69) is 16.3 Å². The van der Waals surface area contributed by atoms with Gasteiger partial charge in [0.05, 0.1) is 10.5 Å². The fourth-order valence-electron chi connectivity index (χ4n) is 1.57. The third-order valence-corrected chi connectivity index (χ3v) is 2.57. The van der Waals surface area contributed by atoms with Crippen LogP contribution in [0.15, 0.2) is 0 Å². The Bertz CT molecular complexity index is 509. The number of nitrogens with zero attached hydrogens (tertiary/aromatic N) is 3. The zero-order chi connectivity index (χ0) is 14.1. The summed E-state index contributed by atoms with van der Waals surface area (Å²) in [6.07, 6.45) is 5.38. The summed E-state index contributed by atoms with van der Waals surface area (Å²) in [6, 6.07) is 0. The lowest BCUT2D eigenvalue weighted by Crippen LogP contribution is -2.30. The van der Waals surface area contributed by atoms with Gasteiger partial charge in [0, 0.05) is 13.0 Å². The first-order valence-corrected chi connectivity index (χ1v) is 5.67. The first-order chi connectivity index (χ1) is 8.19. The maximum absolute atomic E-state index is 11.2. The summed E-state index contributed by atoms with van der Waals surface area (Å²) in [6.45, 7) is 7.29. The number of aryl methyl sites for hydroxylation is 1. The normalized spacial score (nSPS) is 11.4. The lowest BCUT2D eigenvalue weighted by atomic mass is 10.1. The molecule has 18 heavy (non-hydrogen) atoms. The van der Waals surface area contributed by atoms with Crippen molar-refractivity contribution in [2.45, 2.75) is 39.2 Å². The predicted molar refractivity (Wildman–Crippen MR) is 70.5 cm³/mol. The third kappa shape index (κ3) is 2.62. The molecule has 0 saturated carbocycles. The Hall–Kier alpha value is -2.03. The molecule has 1 aromatic heterocycles. The average Bonchev–Trinajstić information content (AvgIpc) is 2.56. The monoisotopic (exact) mass is 250 g/mol. The molecule has 1 rings (SSSR count). The molecule has 0 radical (unpaired) electrons. The fourth-order valence-corrected chi connectivity index (χ4v) is 1.57. The summed E-state index contributed by atoms with van der Waals surface area (Å²) in [4.78, 5) is 10.8. The van der Waals surface area contributed by atoms with Crippen molar-refractivity contribution in [1.29, 1.82) is 0 Å². The van der Waals surface area contributed by atoms with Crippen LogP contribution < -0.4 is 5.32 Å². The van der Waals surface area contributed by atoms with Gasteiger partial charge in [-0.1, -0.05) is 19.8 Å². The molecule has 98 valence electrons. The molecular formula is C12H18N4O2. The summed E-state index contributed by atoms with van der Waals surface area (Å²) in [5.41, 5.74) is -0.221. The molecule has 0 saturated heterocycles. The van der Waals surface area contributed by atoms with Crippen molar-refractivity contribution >= 4 is 11.5 Å². The second kappa shape index (κ2) is 4.69. The average molecular weight is 250 g/mol. The number of rotatable bonds is 4. The molecule has 0 amide bonds. The maximum Gasteiger partial charge on any atom is 0.334 e. The second-order valence-corrected chi connectivity index (χ2v) is 5.01. The molecule has 0 fully saturated rings. The van der Waals surface area contributed by atoms with Crippen molar-refractivity contribution in [1.82, 2.24) is 9.78 Å². The molecule has 0 atom stereocenters. The van der Waals surface area contributed by atoms with E-state index < -0.39 is 10.5 Å². The van der Waals surface area contributed by atoms with Crippen LogP contribution in [-0.4, -0.2) is 20.2 Å². The molecule has 0 aliphatic heterocycles. The van der Waals surface area contributed by atoms with Crippen LogP contribution in [0.4, 0.5) is 11.5 Å². The van der Waals surface area contributed by atoms with Gasteiger partial charge in [-0.25, -0.2) is 4.68 Å². The topological polar surface area (TPSA) is 73.0 Å². The van der Waals surface area contributed by atoms with Gasteiger partial charge < -0.3 is 5.32 Å². The van der Waals surface area contributed by atoms with E-state index in [-0.39, 0.29) is 11.6 Å². The molecule has 0 bridgehead atoms. The van der Waals surface area contributed by atoms with E-state index in [1.54, 1.807) is 20.9 Å².